The minimum atomic E-state index is -3.84. The van der Waals surface area contributed by atoms with E-state index >= 15 is 0 Å². The van der Waals surface area contributed by atoms with Crippen LogP contribution < -0.4 is 0 Å². The van der Waals surface area contributed by atoms with Crippen molar-refractivity contribution in [1.29, 1.82) is 0 Å². The molecular weight excluding hydrogens is 338 g/mol. The summed E-state index contributed by atoms with van der Waals surface area (Å²) in [5, 5.41) is 0.858. The lowest BCUT2D eigenvalue weighted by Crippen LogP contribution is -2.45. The topological polar surface area (TPSA) is 63.7 Å². The molecule has 0 aromatic heterocycles. The molecule has 0 saturated carbocycles. The van der Waals surface area contributed by atoms with E-state index in [2.05, 4.69) is 6.58 Å². The Morgan fingerprint density at radius 3 is 2.08 bits per heavy atom. The van der Waals surface area contributed by atoms with E-state index in [1.165, 1.54) is 7.11 Å². The van der Waals surface area contributed by atoms with Crippen molar-refractivity contribution in [3.05, 3.63) is 83.8 Å². The van der Waals surface area contributed by atoms with E-state index in [-0.39, 0.29) is 13.0 Å². The SMILES string of the molecule is C=CS(=O)(=O)N(Cc1ccccc1)[C@@H](Cc1ccccc1)C(=O)OC. The molecule has 25 heavy (non-hydrogen) atoms. The largest absolute Gasteiger partial charge is 0.468 e. The smallest absolute Gasteiger partial charge is 0.324 e. The Kier molecular flexibility index (Phi) is 6.50. The van der Waals surface area contributed by atoms with Crippen molar-refractivity contribution in [2.75, 3.05) is 7.11 Å². The first-order valence-corrected chi connectivity index (χ1v) is 9.28. The van der Waals surface area contributed by atoms with E-state index in [0.29, 0.717) is 0 Å². The number of benzene rings is 2. The molecule has 2 rings (SSSR count). The van der Waals surface area contributed by atoms with Gasteiger partial charge in [0.15, 0.2) is 0 Å². The summed E-state index contributed by atoms with van der Waals surface area (Å²) < 4.78 is 31.1. The maximum absolute atomic E-state index is 12.6. The van der Waals surface area contributed by atoms with Crippen LogP contribution in [0.5, 0.6) is 0 Å². The van der Waals surface area contributed by atoms with Gasteiger partial charge in [0.1, 0.15) is 6.04 Å². The lowest BCUT2D eigenvalue weighted by molar-refractivity contribution is -0.145. The minimum Gasteiger partial charge on any atom is -0.468 e. The van der Waals surface area contributed by atoms with Crippen LogP contribution >= 0.6 is 0 Å². The maximum atomic E-state index is 12.6. The molecule has 0 heterocycles. The predicted octanol–water partition coefficient (Wildman–Crippen LogP) is 2.75. The quantitative estimate of drug-likeness (QED) is 0.680. The second-order valence-corrected chi connectivity index (χ2v) is 7.30. The van der Waals surface area contributed by atoms with Crippen LogP contribution in [0.15, 0.2) is 72.7 Å². The zero-order chi connectivity index (χ0) is 18.3. The van der Waals surface area contributed by atoms with Crippen molar-refractivity contribution in [2.24, 2.45) is 0 Å². The Balaban J connectivity index is 2.41. The Morgan fingerprint density at radius 1 is 1.08 bits per heavy atom. The number of hydrogen-bond donors (Lipinski definition) is 0. The van der Waals surface area contributed by atoms with Gasteiger partial charge >= 0.3 is 5.97 Å². The second kappa shape index (κ2) is 8.60. The maximum Gasteiger partial charge on any atom is 0.324 e. The molecule has 0 N–H and O–H groups in total. The van der Waals surface area contributed by atoms with Gasteiger partial charge in [-0.2, -0.15) is 4.31 Å². The molecule has 0 radical (unpaired) electrons. The lowest BCUT2D eigenvalue weighted by Gasteiger charge is -2.28. The molecule has 0 amide bonds. The van der Waals surface area contributed by atoms with Gasteiger partial charge in [0.05, 0.1) is 7.11 Å². The molecule has 0 unspecified atom stereocenters. The van der Waals surface area contributed by atoms with Crippen LogP contribution in [0, 0.1) is 0 Å². The number of carbonyl (C=O) groups excluding carboxylic acids is 1. The second-order valence-electron chi connectivity index (χ2n) is 5.47. The molecule has 2 aromatic rings. The lowest BCUT2D eigenvalue weighted by atomic mass is 10.1. The molecule has 6 heteroatoms. The molecule has 0 bridgehead atoms. The van der Waals surface area contributed by atoms with Gasteiger partial charge in [0.2, 0.25) is 10.0 Å². The van der Waals surface area contributed by atoms with Crippen molar-refractivity contribution in [3.8, 4) is 0 Å². The van der Waals surface area contributed by atoms with Crippen LogP contribution in [0.4, 0.5) is 0 Å². The molecule has 1 atom stereocenters. The third-order valence-corrected chi connectivity index (χ3v) is 5.27. The Morgan fingerprint density at radius 2 is 1.60 bits per heavy atom. The summed E-state index contributed by atoms with van der Waals surface area (Å²) in [5.41, 5.74) is 1.62. The molecule has 5 nitrogen and oxygen atoms in total. The van der Waals surface area contributed by atoms with Crippen LogP contribution in [0.2, 0.25) is 0 Å². The molecule has 0 aliphatic heterocycles. The third-order valence-electron chi connectivity index (χ3n) is 3.81. The molecule has 0 aliphatic rings. The average molecular weight is 359 g/mol. The van der Waals surface area contributed by atoms with E-state index < -0.39 is 22.0 Å². The zero-order valence-electron chi connectivity index (χ0n) is 14.0. The normalized spacial score (nSPS) is 12.6. The summed E-state index contributed by atoms with van der Waals surface area (Å²) in [7, 11) is -2.58. The summed E-state index contributed by atoms with van der Waals surface area (Å²) in [6.45, 7) is 3.45. The number of carbonyl (C=O) groups is 1. The van der Waals surface area contributed by atoms with Crippen molar-refractivity contribution in [1.82, 2.24) is 4.31 Å². The van der Waals surface area contributed by atoms with Crippen LogP contribution in [-0.2, 0) is 32.5 Å². The minimum absolute atomic E-state index is 0.0573. The Labute approximate surface area is 148 Å². The van der Waals surface area contributed by atoms with Gasteiger partial charge in [0, 0.05) is 12.0 Å². The molecule has 0 spiro atoms. The highest BCUT2D eigenvalue weighted by molar-refractivity contribution is 7.92. The van der Waals surface area contributed by atoms with Gasteiger partial charge in [-0.15, -0.1) is 0 Å². The fourth-order valence-electron chi connectivity index (χ4n) is 2.51. The van der Waals surface area contributed by atoms with Crippen molar-refractivity contribution in [2.45, 2.75) is 19.0 Å². The summed E-state index contributed by atoms with van der Waals surface area (Å²) in [6.07, 6.45) is 0.216. The number of esters is 1. The molecule has 0 aliphatic carbocycles. The first-order chi connectivity index (χ1) is 12.0. The summed E-state index contributed by atoms with van der Waals surface area (Å²) in [6, 6.07) is 17.4. The molecule has 0 saturated heterocycles. The predicted molar refractivity (Wildman–Crippen MR) is 97.1 cm³/mol. The summed E-state index contributed by atoms with van der Waals surface area (Å²) >= 11 is 0. The first-order valence-electron chi connectivity index (χ1n) is 7.78. The van der Waals surface area contributed by atoms with Gasteiger partial charge in [-0.3, -0.25) is 4.79 Å². The number of methoxy groups -OCH3 is 1. The fourth-order valence-corrected chi connectivity index (χ4v) is 3.55. The highest BCUT2D eigenvalue weighted by Crippen LogP contribution is 2.19. The monoisotopic (exact) mass is 359 g/mol. The molecule has 2 aromatic carbocycles. The number of hydrogen-bond acceptors (Lipinski definition) is 4. The van der Waals surface area contributed by atoms with E-state index in [1.54, 1.807) is 0 Å². The molecule has 132 valence electrons. The van der Waals surface area contributed by atoms with Crippen molar-refractivity contribution >= 4 is 16.0 Å². The first kappa shape index (κ1) is 18.9. The highest BCUT2D eigenvalue weighted by atomic mass is 32.2. The van der Waals surface area contributed by atoms with Crippen LogP contribution in [0.1, 0.15) is 11.1 Å². The number of sulfonamides is 1. The van der Waals surface area contributed by atoms with E-state index in [9.17, 15) is 13.2 Å². The molecular formula is C19H21NO4S. The third kappa shape index (κ3) is 5.01. The molecule has 0 fully saturated rings. The van der Waals surface area contributed by atoms with Crippen LogP contribution in [0.25, 0.3) is 0 Å². The zero-order valence-corrected chi connectivity index (χ0v) is 14.9. The number of rotatable bonds is 8. The van der Waals surface area contributed by atoms with Gasteiger partial charge in [-0.1, -0.05) is 67.2 Å². The van der Waals surface area contributed by atoms with Gasteiger partial charge in [-0.25, -0.2) is 8.42 Å². The average Bonchev–Trinajstić information content (AvgIpc) is 2.65. The standard InChI is InChI=1S/C19H21NO4S/c1-3-25(22,23)20(15-17-12-8-5-9-13-17)18(19(21)24-2)14-16-10-6-4-7-11-16/h3-13,18H,1,14-15H2,2H3/t18-/m0/s1. The number of ether oxygens (including phenoxy) is 1. The van der Waals surface area contributed by atoms with E-state index in [0.717, 1.165) is 20.8 Å². The van der Waals surface area contributed by atoms with Crippen LogP contribution in [0.3, 0.4) is 0 Å². The fraction of sp³-hybridized carbons (Fsp3) is 0.211. The Hall–Kier alpha value is -2.44. The van der Waals surface area contributed by atoms with Crippen molar-refractivity contribution < 1.29 is 17.9 Å². The van der Waals surface area contributed by atoms with Crippen LogP contribution in [-0.4, -0.2) is 31.8 Å². The van der Waals surface area contributed by atoms with Gasteiger partial charge in [-0.05, 0) is 17.5 Å². The summed E-state index contributed by atoms with van der Waals surface area (Å²) in [4.78, 5) is 12.3. The Bertz CT molecular complexity index is 804. The highest BCUT2D eigenvalue weighted by Gasteiger charge is 2.34. The van der Waals surface area contributed by atoms with Gasteiger partial charge < -0.3 is 4.74 Å². The van der Waals surface area contributed by atoms with E-state index in [1.807, 2.05) is 60.7 Å². The van der Waals surface area contributed by atoms with Gasteiger partial charge in [0.25, 0.3) is 0 Å². The summed E-state index contributed by atoms with van der Waals surface area (Å²) in [5.74, 6) is -0.606. The van der Waals surface area contributed by atoms with Crippen molar-refractivity contribution in [3.63, 3.8) is 0 Å². The number of nitrogens with zero attached hydrogens (tertiary/aromatic N) is 1. The van der Waals surface area contributed by atoms with E-state index in [4.69, 9.17) is 4.74 Å².